The molecule has 0 aromatic carbocycles. The Bertz CT molecular complexity index is 311. The fourth-order valence-electron chi connectivity index (χ4n) is 2.65. The molecule has 0 heterocycles. The van der Waals surface area contributed by atoms with Crippen LogP contribution in [0.5, 0.6) is 0 Å². The summed E-state index contributed by atoms with van der Waals surface area (Å²) in [6.07, 6.45) is 4.05. The third kappa shape index (κ3) is 5.19. The van der Waals surface area contributed by atoms with E-state index in [-0.39, 0.29) is 11.8 Å². The smallest absolute Gasteiger partial charge is 0.326 e. The van der Waals surface area contributed by atoms with E-state index < -0.39 is 24.0 Å². The first-order valence-electron chi connectivity index (χ1n) is 7.13. The molecule has 5 nitrogen and oxygen atoms in total. The minimum absolute atomic E-state index is 0.0125. The van der Waals surface area contributed by atoms with Crippen LogP contribution in [0.1, 0.15) is 52.4 Å². The zero-order valence-corrected chi connectivity index (χ0v) is 11.8. The van der Waals surface area contributed by atoms with Crippen LogP contribution in [0.3, 0.4) is 0 Å². The molecule has 0 unspecified atom stereocenters. The minimum atomic E-state index is -1.12. The van der Waals surface area contributed by atoms with Crippen LogP contribution in [0.15, 0.2) is 0 Å². The number of hydrogen-bond acceptors (Lipinski definition) is 3. The second kappa shape index (κ2) is 7.48. The Morgan fingerprint density at radius 1 is 1.21 bits per heavy atom. The monoisotopic (exact) mass is 271 g/mol. The molecule has 19 heavy (non-hydrogen) atoms. The highest BCUT2D eigenvalue weighted by atomic mass is 16.4. The maximum atomic E-state index is 11.8. The molecular weight excluding hydrogens is 246 g/mol. The zero-order valence-electron chi connectivity index (χ0n) is 11.8. The molecule has 0 bridgehead atoms. The lowest BCUT2D eigenvalue weighted by molar-refractivity contribution is -0.145. The summed E-state index contributed by atoms with van der Waals surface area (Å²) in [4.78, 5) is 23.1. The topological polar surface area (TPSA) is 86.6 Å². The van der Waals surface area contributed by atoms with Crippen molar-refractivity contribution < 1.29 is 19.8 Å². The molecule has 1 rings (SSSR count). The molecule has 1 fully saturated rings. The minimum Gasteiger partial charge on any atom is -0.480 e. The average Bonchev–Trinajstić information content (AvgIpc) is 2.35. The van der Waals surface area contributed by atoms with Gasteiger partial charge in [-0.25, -0.2) is 4.79 Å². The van der Waals surface area contributed by atoms with Gasteiger partial charge < -0.3 is 15.5 Å². The molecule has 1 aliphatic carbocycles. The van der Waals surface area contributed by atoms with Crippen molar-refractivity contribution in [2.75, 3.05) is 0 Å². The van der Waals surface area contributed by atoms with Crippen LogP contribution >= 0.6 is 0 Å². The standard InChI is InChI=1S/C14H25NO4/c1-9(2)8-11(16)13(17)15-12(14(18)19)10-6-4-3-5-7-10/h9-12,16H,3-8H2,1-2H3,(H,15,17)(H,18,19)/t11-,12-/m1/s1. The van der Waals surface area contributed by atoms with Gasteiger partial charge in [0.1, 0.15) is 12.1 Å². The molecule has 3 N–H and O–H groups in total. The van der Waals surface area contributed by atoms with Crippen molar-refractivity contribution >= 4 is 11.9 Å². The van der Waals surface area contributed by atoms with Gasteiger partial charge in [-0.1, -0.05) is 33.1 Å². The van der Waals surface area contributed by atoms with Crippen LogP contribution in [-0.4, -0.2) is 34.2 Å². The number of aliphatic hydroxyl groups excluding tert-OH is 1. The van der Waals surface area contributed by atoms with Gasteiger partial charge in [0.05, 0.1) is 0 Å². The van der Waals surface area contributed by atoms with Crippen molar-refractivity contribution in [3.8, 4) is 0 Å². The number of carboxylic acids is 1. The Morgan fingerprint density at radius 2 is 1.79 bits per heavy atom. The predicted octanol–water partition coefficient (Wildman–Crippen LogP) is 1.54. The van der Waals surface area contributed by atoms with Gasteiger partial charge in [0, 0.05) is 0 Å². The van der Waals surface area contributed by atoms with E-state index in [2.05, 4.69) is 5.32 Å². The van der Waals surface area contributed by atoms with Gasteiger partial charge in [-0.05, 0) is 31.1 Å². The molecule has 1 amide bonds. The Kier molecular flexibility index (Phi) is 6.28. The maximum absolute atomic E-state index is 11.8. The number of carbonyl (C=O) groups is 2. The van der Waals surface area contributed by atoms with Gasteiger partial charge in [-0.2, -0.15) is 0 Å². The number of nitrogens with one attached hydrogen (secondary N) is 1. The van der Waals surface area contributed by atoms with E-state index >= 15 is 0 Å². The quantitative estimate of drug-likeness (QED) is 0.684. The van der Waals surface area contributed by atoms with Crippen LogP contribution < -0.4 is 5.32 Å². The first-order valence-corrected chi connectivity index (χ1v) is 7.13. The summed E-state index contributed by atoms with van der Waals surface area (Å²) in [6.45, 7) is 3.82. The summed E-state index contributed by atoms with van der Waals surface area (Å²) in [7, 11) is 0. The molecule has 0 aromatic rings. The highest BCUT2D eigenvalue weighted by Crippen LogP contribution is 2.26. The van der Waals surface area contributed by atoms with E-state index in [0.29, 0.717) is 6.42 Å². The number of rotatable bonds is 6. The van der Waals surface area contributed by atoms with Crippen molar-refractivity contribution in [1.82, 2.24) is 5.32 Å². The summed E-state index contributed by atoms with van der Waals surface area (Å²) < 4.78 is 0. The molecule has 2 atom stereocenters. The first-order chi connectivity index (χ1) is 8.91. The normalized spacial score (nSPS) is 20.0. The largest absolute Gasteiger partial charge is 0.480 e. The van der Waals surface area contributed by atoms with Gasteiger partial charge in [-0.3, -0.25) is 4.79 Å². The second-order valence-electron chi connectivity index (χ2n) is 5.87. The maximum Gasteiger partial charge on any atom is 0.326 e. The van der Waals surface area contributed by atoms with Gasteiger partial charge in [0.15, 0.2) is 0 Å². The number of aliphatic hydroxyl groups is 1. The lowest BCUT2D eigenvalue weighted by Gasteiger charge is -2.28. The van der Waals surface area contributed by atoms with Crippen LogP contribution in [-0.2, 0) is 9.59 Å². The predicted molar refractivity (Wildman–Crippen MR) is 71.6 cm³/mol. The third-order valence-electron chi connectivity index (χ3n) is 3.68. The molecule has 1 aliphatic rings. The van der Waals surface area contributed by atoms with Gasteiger partial charge in [0.25, 0.3) is 0 Å². The van der Waals surface area contributed by atoms with Gasteiger partial charge >= 0.3 is 5.97 Å². The second-order valence-corrected chi connectivity index (χ2v) is 5.87. The van der Waals surface area contributed by atoms with E-state index in [1.165, 1.54) is 0 Å². The van der Waals surface area contributed by atoms with E-state index in [1.54, 1.807) is 0 Å². The van der Waals surface area contributed by atoms with Crippen LogP contribution in [0.2, 0.25) is 0 Å². The van der Waals surface area contributed by atoms with Crippen LogP contribution in [0.25, 0.3) is 0 Å². The summed E-state index contributed by atoms with van der Waals surface area (Å²) >= 11 is 0. The number of hydrogen-bond donors (Lipinski definition) is 3. The van der Waals surface area contributed by atoms with E-state index in [1.807, 2.05) is 13.8 Å². The van der Waals surface area contributed by atoms with Gasteiger partial charge in [-0.15, -0.1) is 0 Å². The Balaban J connectivity index is 2.57. The van der Waals surface area contributed by atoms with Crippen molar-refractivity contribution in [3.63, 3.8) is 0 Å². The Morgan fingerprint density at radius 3 is 2.26 bits per heavy atom. The summed E-state index contributed by atoms with van der Waals surface area (Å²) in [6, 6.07) is -0.866. The third-order valence-corrected chi connectivity index (χ3v) is 3.68. The summed E-state index contributed by atoms with van der Waals surface area (Å²) in [5, 5.41) is 21.5. The van der Waals surface area contributed by atoms with Crippen LogP contribution in [0, 0.1) is 11.8 Å². The van der Waals surface area contributed by atoms with Crippen molar-refractivity contribution in [2.24, 2.45) is 11.8 Å². The molecule has 0 aromatic heterocycles. The number of aliphatic carboxylic acids is 1. The van der Waals surface area contributed by atoms with Crippen molar-refractivity contribution in [3.05, 3.63) is 0 Å². The fraction of sp³-hybridized carbons (Fsp3) is 0.857. The van der Waals surface area contributed by atoms with E-state index in [9.17, 15) is 19.8 Å². The van der Waals surface area contributed by atoms with Crippen molar-refractivity contribution in [2.45, 2.75) is 64.5 Å². The molecule has 0 spiro atoms. The fourth-order valence-corrected chi connectivity index (χ4v) is 2.65. The number of amides is 1. The van der Waals surface area contributed by atoms with E-state index in [4.69, 9.17) is 0 Å². The van der Waals surface area contributed by atoms with E-state index in [0.717, 1.165) is 32.1 Å². The number of carboxylic acid groups (broad SMARTS) is 1. The molecule has 0 saturated heterocycles. The summed E-state index contributed by atoms with van der Waals surface area (Å²) in [5.41, 5.74) is 0. The Hall–Kier alpha value is -1.10. The van der Waals surface area contributed by atoms with Gasteiger partial charge in [0.2, 0.25) is 5.91 Å². The molecule has 110 valence electrons. The lowest BCUT2D eigenvalue weighted by atomic mass is 9.83. The average molecular weight is 271 g/mol. The first kappa shape index (κ1) is 16.0. The Labute approximate surface area is 114 Å². The van der Waals surface area contributed by atoms with Crippen molar-refractivity contribution in [1.29, 1.82) is 0 Å². The molecule has 5 heteroatoms. The number of carbonyl (C=O) groups excluding carboxylic acids is 1. The SMILES string of the molecule is CC(C)C[C@@H](O)C(=O)N[C@@H](C(=O)O)C1CCCCC1. The lowest BCUT2D eigenvalue weighted by Crippen LogP contribution is -2.50. The highest BCUT2D eigenvalue weighted by Gasteiger charge is 2.32. The van der Waals surface area contributed by atoms with Crippen LogP contribution in [0.4, 0.5) is 0 Å². The zero-order chi connectivity index (χ0) is 14.4. The highest BCUT2D eigenvalue weighted by molar-refractivity contribution is 5.86. The summed E-state index contributed by atoms with van der Waals surface area (Å²) in [5.74, 6) is -1.39. The molecule has 0 aliphatic heterocycles. The molecule has 1 saturated carbocycles. The molecular formula is C14H25NO4. The molecule has 0 radical (unpaired) electrons.